The molecule has 2 aromatic heterocycles. The van der Waals surface area contributed by atoms with Crippen LogP contribution >= 0.6 is 0 Å². The van der Waals surface area contributed by atoms with E-state index in [1.807, 2.05) is 26.0 Å². The van der Waals surface area contributed by atoms with Crippen LogP contribution in [0.25, 0.3) is 11.1 Å². The zero-order chi connectivity index (χ0) is 15.0. The number of fused-ring (bicyclic) bond motifs is 1. The number of aromatic carboxylic acids is 1. The van der Waals surface area contributed by atoms with E-state index in [1.165, 1.54) is 12.1 Å². The Labute approximate surface area is 120 Å². The average molecular weight is 286 g/mol. The molecule has 0 aliphatic carbocycles. The van der Waals surface area contributed by atoms with Crippen molar-refractivity contribution in [2.45, 2.75) is 19.9 Å². The third-order valence-electron chi connectivity index (χ3n) is 3.16. The number of anilines is 1. The number of aromatic nitrogens is 1. The summed E-state index contributed by atoms with van der Waals surface area (Å²) in [7, 11) is 0. The summed E-state index contributed by atoms with van der Waals surface area (Å²) in [5.41, 5.74) is 1.20. The Morgan fingerprint density at radius 3 is 2.76 bits per heavy atom. The first-order valence-electron chi connectivity index (χ1n) is 6.49. The van der Waals surface area contributed by atoms with E-state index in [0.29, 0.717) is 17.1 Å². The molecule has 0 bridgehead atoms. The average Bonchev–Trinajstić information content (AvgIpc) is 3.03. The van der Waals surface area contributed by atoms with Gasteiger partial charge in [0.1, 0.15) is 17.0 Å². The van der Waals surface area contributed by atoms with E-state index in [2.05, 4.69) is 10.3 Å². The summed E-state index contributed by atoms with van der Waals surface area (Å²) < 4.78 is 11.1. The molecule has 0 saturated carbocycles. The lowest BCUT2D eigenvalue weighted by Gasteiger charge is -2.08. The van der Waals surface area contributed by atoms with Gasteiger partial charge in [-0.3, -0.25) is 0 Å². The van der Waals surface area contributed by atoms with Crippen LogP contribution in [0.1, 0.15) is 34.8 Å². The fraction of sp³-hybridized carbons (Fsp3) is 0.200. The summed E-state index contributed by atoms with van der Waals surface area (Å²) in [5.74, 6) is 0.616. The van der Waals surface area contributed by atoms with Crippen molar-refractivity contribution in [1.82, 2.24) is 4.98 Å². The molecule has 108 valence electrons. The first-order valence-corrected chi connectivity index (χ1v) is 6.49. The van der Waals surface area contributed by atoms with Gasteiger partial charge in [-0.25, -0.2) is 4.79 Å². The summed E-state index contributed by atoms with van der Waals surface area (Å²) in [6, 6.07) is 8.57. The molecule has 3 rings (SSSR count). The number of carboxylic acids is 1. The van der Waals surface area contributed by atoms with Crippen molar-refractivity contribution >= 4 is 23.1 Å². The zero-order valence-electron chi connectivity index (χ0n) is 11.6. The molecule has 0 fully saturated rings. The van der Waals surface area contributed by atoms with Crippen molar-refractivity contribution in [3.05, 3.63) is 47.4 Å². The van der Waals surface area contributed by atoms with Gasteiger partial charge >= 0.3 is 5.97 Å². The Morgan fingerprint density at radius 2 is 2.10 bits per heavy atom. The van der Waals surface area contributed by atoms with Crippen molar-refractivity contribution in [3.63, 3.8) is 0 Å². The number of carboxylic acid groups (broad SMARTS) is 1. The van der Waals surface area contributed by atoms with E-state index in [4.69, 9.17) is 13.9 Å². The minimum absolute atomic E-state index is 0.106. The number of oxazole rings is 1. The fourth-order valence-electron chi connectivity index (χ4n) is 2.06. The van der Waals surface area contributed by atoms with Crippen LogP contribution < -0.4 is 5.32 Å². The number of hydrogen-bond acceptors (Lipinski definition) is 5. The molecule has 0 aliphatic rings. The van der Waals surface area contributed by atoms with Gasteiger partial charge in [0.25, 0.3) is 6.01 Å². The topological polar surface area (TPSA) is 88.5 Å². The number of benzene rings is 1. The molecule has 1 aromatic carbocycles. The lowest BCUT2D eigenvalue weighted by atomic mass is 10.2. The highest BCUT2D eigenvalue weighted by atomic mass is 16.4. The van der Waals surface area contributed by atoms with Gasteiger partial charge in [0.15, 0.2) is 5.58 Å². The summed E-state index contributed by atoms with van der Waals surface area (Å²) >= 11 is 0. The normalized spacial score (nSPS) is 12.5. The highest BCUT2D eigenvalue weighted by Gasteiger charge is 2.14. The minimum Gasteiger partial charge on any atom is -0.478 e. The summed E-state index contributed by atoms with van der Waals surface area (Å²) in [4.78, 5) is 15.2. The standard InChI is InChI=1S/C15H14N2O4/c1-8-3-6-12(20-8)9(2)16-15-17-11-5-4-10(14(18)19)7-13(11)21-15/h3-7,9H,1-2H3,(H,16,17)(H,18,19). The number of furan rings is 1. The Kier molecular flexibility index (Phi) is 3.13. The van der Waals surface area contributed by atoms with Gasteiger partial charge in [-0.15, -0.1) is 0 Å². The third kappa shape index (κ3) is 2.60. The first-order chi connectivity index (χ1) is 10.0. The van der Waals surface area contributed by atoms with Crippen molar-refractivity contribution in [2.24, 2.45) is 0 Å². The molecule has 0 spiro atoms. The van der Waals surface area contributed by atoms with E-state index < -0.39 is 5.97 Å². The highest BCUT2D eigenvalue weighted by molar-refractivity contribution is 5.92. The number of nitrogens with zero attached hydrogens (tertiary/aromatic N) is 1. The molecule has 2 N–H and O–H groups in total. The van der Waals surface area contributed by atoms with Crippen LogP contribution in [-0.2, 0) is 0 Å². The van der Waals surface area contributed by atoms with Gasteiger partial charge in [0.2, 0.25) is 0 Å². The molecule has 1 unspecified atom stereocenters. The predicted octanol–water partition coefficient (Wildman–Crippen LogP) is 3.60. The molecule has 1 atom stereocenters. The molecule has 2 heterocycles. The molecule has 0 amide bonds. The maximum atomic E-state index is 10.9. The lowest BCUT2D eigenvalue weighted by molar-refractivity contribution is 0.0697. The highest BCUT2D eigenvalue weighted by Crippen LogP contribution is 2.24. The Bertz CT molecular complexity index is 803. The largest absolute Gasteiger partial charge is 0.478 e. The summed E-state index contributed by atoms with van der Waals surface area (Å²) in [5, 5.41) is 12.0. The Hall–Kier alpha value is -2.76. The van der Waals surface area contributed by atoms with Crippen LogP contribution in [0.4, 0.5) is 6.01 Å². The van der Waals surface area contributed by atoms with Crippen LogP contribution in [0.5, 0.6) is 0 Å². The fourth-order valence-corrected chi connectivity index (χ4v) is 2.06. The van der Waals surface area contributed by atoms with E-state index in [0.717, 1.165) is 11.5 Å². The van der Waals surface area contributed by atoms with Crippen LogP contribution in [0.2, 0.25) is 0 Å². The lowest BCUT2D eigenvalue weighted by Crippen LogP contribution is -2.05. The van der Waals surface area contributed by atoms with Crippen LogP contribution in [-0.4, -0.2) is 16.1 Å². The second-order valence-corrected chi connectivity index (χ2v) is 4.82. The number of rotatable bonds is 4. The van der Waals surface area contributed by atoms with Crippen LogP contribution in [0.15, 0.2) is 39.2 Å². The van der Waals surface area contributed by atoms with Gasteiger partial charge in [0, 0.05) is 0 Å². The van der Waals surface area contributed by atoms with E-state index in [-0.39, 0.29) is 11.6 Å². The van der Waals surface area contributed by atoms with Crippen molar-refractivity contribution in [1.29, 1.82) is 0 Å². The molecule has 0 radical (unpaired) electrons. The van der Waals surface area contributed by atoms with Gasteiger partial charge < -0.3 is 19.3 Å². The molecule has 21 heavy (non-hydrogen) atoms. The van der Waals surface area contributed by atoms with E-state index >= 15 is 0 Å². The zero-order valence-corrected chi connectivity index (χ0v) is 11.6. The molecule has 0 aliphatic heterocycles. The molecular formula is C15H14N2O4. The van der Waals surface area contributed by atoms with Crippen molar-refractivity contribution < 1.29 is 18.7 Å². The summed E-state index contributed by atoms with van der Waals surface area (Å²) in [6.45, 7) is 3.80. The van der Waals surface area contributed by atoms with Gasteiger partial charge in [-0.05, 0) is 44.2 Å². The minimum atomic E-state index is -0.998. The first kappa shape index (κ1) is 13.2. The molecular weight excluding hydrogens is 272 g/mol. The monoisotopic (exact) mass is 286 g/mol. The second-order valence-electron chi connectivity index (χ2n) is 4.82. The van der Waals surface area contributed by atoms with E-state index in [9.17, 15) is 4.79 Å². The molecule has 6 heteroatoms. The summed E-state index contributed by atoms with van der Waals surface area (Å²) in [6.07, 6.45) is 0. The van der Waals surface area contributed by atoms with Crippen LogP contribution in [0.3, 0.4) is 0 Å². The van der Waals surface area contributed by atoms with Crippen molar-refractivity contribution in [2.75, 3.05) is 5.32 Å². The Morgan fingerprint density at radius 1 is 1.29 bits per heavy atom. The Balaban J connectivity index is 1.85. The number of hydrogen-bond donors (Lipinski definition) is 2. The van der Waals surface area contributed by atoms with Crippen molar-refractivity contribution in [3.8, 4) is 0 Å². The van der Waals surface area contributed by atoms with Gasteiger partial charge in [-0.2, -0.15) is 4.98 Å². The van der Waals surface area contributed by atoms with Crippen LogP contribution in [0, 0.1) is 6.92 Å². The number of nitrogens with one attached hydrogen (secondary N) is 1. The van der Waals surface area contributed by atoms with E-state index in [1.54, 1.807) is 6.07 Å². The van der Waals surface area contributed by atoms with Gasteiger partial charge in [0.05, 0.1) is 11.6 Å². The maximum absolute atomic E-state index is 10.9. The third-order valence-corrected chi connectivity index (χ3v) is 3.16. The number of aryl methyl sites for hydroxylation is 1. The smallest absolute Gasteiger partial charge is 0.335 e. The predicted molar refractivity (Wildman–Crippen MR) is 76.5 cm³/mol. The van der Waals surface area contributed by atoms with Gasteiger partial charge in [-0.1, -0.05) is 0 Å². The molecule has 3 aromatic rings. The maximum Gasteiger partial charge on any atom is 0.335 e. The quantitative estimate of drug-likeness (QED) is 0.761. The number of carbonyl (C=O) groups is 1. The molecule has 6 nitrogen and oxygen atoms in total. The molecule has 0 saturated heterocycles. The SMILES string of the molecule is Cc1ccc(C(C)Nc2nc3ccc(C(=O)O)cc3o2)o1. The second kappa shape index (κ2) is 4.97.